The van der Waals surface area contributed by atoms with Crippen molar-refractivity contribution in [2.75, 3.05) is 5.32 Å². The molecule has 1 aromatic heterocycles. The lowest BCUT2D eigenvalue weighted by atomic mass is 9.86. The maximum absolute atomic E-state index is 14.9. The van der Waals surface area contributed by atoms with Gasteiger partial charge < -0.3 is 14.9 Å². The zero-order chi connectivity index (χ0) is 17.0. The van der Waals surface area contributed by atoms with Crippen molar-refractivity contribution in [3.8, 4) is 0 Å². The van der Waals surface area contributed by atoms with Crippen molar-refractivity contribution in [1.82, 2.24) is 5.16 Å². The SMILES string of the molecule is Cc1noc(C(F)(F)C2(O)C(=O)Nc3ccccc32)c1[N+](=O)[O-]. The summed E-state index contributed by atoms with van der Waals surface area (Å²) in [4.78, 5) is 21.9. The van der Waals surface area contributed by atoms with Gasteiger partial charge >= 0.3 is 11.6 Å². The lowest BCUT2D eigenvalue weighted by molar-refractivity contribution is -0.389. The highest BCUT2D eigenvalue weighted by molar-refractivity contribution is 6.05. The van der Waals surface area contributed by atoms with Crippen molar-refractivity contribution < 1.29 is 28.1 Å². The summed E-state index contributed by atoms with van der Waals surface area (Å²) in [5.41, 5.74) is -5.24. The third kappa shape index (κ3) is 1.78. The van der Waals surface area contributed by atoms with E-state index < -0.39 is 39.4 Å². The Morgan fingerprint density at radius 1 is 1.43 bits per heavy atom. The molecule has 0 radical (unpaired) electrons. The number of anilines is 1. The first kappa shape index (κ1) is 15.0. The Bertz CT molecular complexity index is 835. The topological polar surface area (TPSA) is 118 Å². The van der Waals surface area contributed by atoms with Crippen molar-refractivity contribution in [2.24, 2.45) is 0 Å². The van der Waals surface area contributed by atoms with E-state index in [1.165, 1.54) is 18.2 Å². The number of nitrogens with zero attached hydrogens (tertiary/aromatic N) is 2. The van der Waals surface area contributed by atoms with Gasteiger partial charge in [0.15, 0.2) is 5.69 Å². The average molecular weight is 325 g/mol. The van der Waals surface area contributed by atoms with Crippen LogP contribution in [0.25, 0.3) is 0 Å². The van der Waals surface area contributed by atoms with Crippen LogP contribution in [0.1, 0.15) is 17.0 Å². The number of aliphatic hydroxyl groups is 1. The minimum absolute atomic E-state index is 0.0152. The smallest absolute Gasteiger partial charge is 0.355 e. The van der Waals surface area contributed by atoms with E-state index in [4.69, 9.17) is 0 Å². The number of nitro groups is 1. The molecule has 2 N–H and O–H groups in total. The lowest BCUT2D eigenvalue weighted by Gasteiger charge is -2.28. The first-order valence-electron chi connectivity index (χ1n) is 6.33. The fraction of sp³-hybridized carbons (Fsp3) is 0.231. The second-order valence-corrected chi connectivity index (χ2v) is 4.99. The van der Waals surface area contributed by atoms with Crippen molar-refractivity contribution in [1.29, 1.82) is 0 Å². The number of benzene rings is 1. The molecule has 23 heavy (non-hydrogen) atoms. The van der Waals surface area contributed by atoms with Crippen LogP contribution in [0.4, 0.5) is 20.2 Å². The molecule has 2 heterocycles. The summed E-state index contributed by atoms with van der Waals surface area (Å²) in [6, 6.07) is 5.27. The van der Waals surface area contributed by atoms with Crippen molar-refractivity contribution in [2.45, 2.75) is 18.4 Å². The average Bonchev–Trinajstić information content (AvgIpc) is 3.00. The van der Waals surface area contributed by atoms with E-state index in [2.05, 4.69) is 15.0 Å². The predicted octanol–water partition coefficient (Wildman–Crippen LogP) is 1.82. The van der Waals surface area contributed by atoms with Crippen LogP contribution in [-0.2, 0) is 16.3 Å². The Hall–Kier alpha value is -2.88. The first-order chi connectivity index (χ1) is 10.7. The molecule has 0 saturated carbocycles. The highest BCUT2D eigenvalue weighted by Gasteiger charge is 2.68. The molecule has 0 aliphatic carbocycles. The number of amides is 1. The minimum Gasteiger partial charge on any atom is -0.370 e. The van der Waals surface area contributed by atoms with Gasteiger partial charge in [0.2, 0.25) is 5.60 Å². The van der Waals surface area contributed by atoms with E-state index in [9.17, 15) is 28.8 Å². The fourth-order valence-corrected chi connectivity index (χ4v) is 2.50. The molecule has 1 amide bonds. The van der Waals surface area contributed by atoms with Gasteiger partial charge in [-0.25, -0.2) is 0 Å². The maximum Gasteiger partial charge on any atom is 0.355 e. The number of para-hydroxylation sites is 1. The van der Waals surface area contributed by atoms with Crippen LogP contribution < -0.4 is 5.32 Å². The predicted molar refractivity (Wildman–Crippen MR) is 70.8 cm³/mol. The lowest BCUT2D eigenvalue weighted by Crippen LogP contribution is -2.48. The Morgan fingerprint density at radius 2 is 2.09 bits per heavy atom. The van der Waals surface area contributed by atoms with Crippen molar-refractivity contribution in [3.63, 3.8) is 0 Å². The number of aromatic nitrogens is 1. The van der Waals surface area contributed by atoms with E-state index in [1.54, 1.807) is 0 Å². The zero-order valence-corrected chi connectivity index (χ0v) is 11.5. The quantitative estimate of drug-likeness (QED) is 0.656. The van der Waals surface area contributed by atoms with Crippen LogP contribution >= 0.6 is 0 Å². The maximum atomic E-state index is 14.9. The van der Waals surface area contributed by atoms with E-state index in [0.29, 0.717) is 0 Å². The van der Waals surface area contributed by atoms with Crippen molar-refractivity contribution in [3.05, 3.63) is 51.4 Å². The highest BCUT2D eigenvalue weighted by Crippen LogP contribution is 2.53. The van der Waals surface area contributed by atoms with Gasteiger partial charge in [0, 0.05) is 11.3 Å². The van der Waals surface area contributed by atoms with Gasteiger partial charge in [0.05, 0.1) is 4.92 Å². The van der Waals surface area contributed by atoms with Gasteiger partial charge in [0.1, 0.15) is 0 Å². The number of halogens is 2. The van der Waals surface area contributed by atoms with Crippen LogP contribution in [0.2, 0.25) is 0 Å². The second kappa shape index (κ2) is 4.56. The standard InChI is InChI=1S/C13H9F2N3O5/c1-6-9(18(21)22)10(23-17-6)13(14,15)12(20)7-4-2-3-5-8(7)16-11(12)19/h2-5,20H,1H3,(H,16,19). The number of alkyl halides is 2. The molecular weight excluding hydrogens is 316 g/mol. The molecule has 0 spiro atoms. The molecule has 1 aliphatic rings. The molecule has 10 heteroatoms. The molecule has 1 aromatic carbocycles. The number of aryl methyl sites for hydroxylation is 1. The van der Waals surface area contributed by atoms with Gasteiger partial charge in [-0.15, -0.1) is 0 Å². The molecule has 1 atom stereocenters. The largest absolute Gasteiger partial charge is 0.370 e. The summed E-state index contributed by atoms with van der Waals surface area (Å²) in [5, 5.41) is 26.7. The zero-order valence-electron chi connectivity index (χ0n) is 11.5. The van der Waals surface area contributed by atoms with Crippen molar-refractivity contribution >= 4 is 17.3 Å². The van der Waals surface area contributed by atoms with Crippen LogP contribution in [0.15, 0.2) is 28.8 Å². The normalized spacial score (nSPS) is 20.3. The molecule has 8 nitrogen and oxygen atoms in total. The molecule has 3 rings (SSSR count). The van der Waals surface area contributed by atoms with Gasteiger partial charge in [-0.3, -0.25) is 14.9 Å². The Morgan fingerprint density at radius 3 is 2.74 bits per heavy atom. The molecule has 0 fully saturated rings. The molecule has 0 saturated heterocycles. The second-order valence-electron chi connectivity index (χ2n) is 4.99. The summed E-state index contributed by atoms with van der Waals surface area (Å²) >= 11 is 0. The molecule has 1 unspecified atom stereocenters. The molecular formula is C13H9F2N3O5. The Kier molecular flexibility index (Phi) is 2.98. The van der Waals surface area contributed by atoms with Gasteiger partial charge in [-0.2, -0.15) is 8.78 Å². The minimum atomic E-state index is -4.41. The summed E-state index contributed by atoms with van der Waals surface area (Å²) in [6.07, 6.45) is 0. The number of carbonyl (C=O) groups excluding carboxylic acids is 1. The third-order valence-corrected chi connectivity index (χ3v) is 3.65. The number of carbonyl (C=O) groups is 1. The number of hydrogen-bond acceptors (Lipinski definition) is 6. The van der Waals surface area contributed by atoms with Gasteiger partial charge in [0.25, 0.3) is 11.7 Å². The molecule has 1 aliphatic heterocycles. The van der Waals surface area contributed by atoms with Crippen LogP contribution in [0, 0.1) is 17.0 Å². The van der Waals surface area contributed by atoms with E-state index in [-0.39, 0.29) is 11.4 Å². The molecule has 0 bridgehead atoms. The van der Waals surface area contributed by atoms with Crippen LogP contribution in [0.5, 0.6) is 0 Å². The molecule has 120 valence electrons. The monoisotopic (exact) mass is 325 g/mol. The Balaban J connectivity index is 2.24. The number of nitrogens with one attached hydrogen (secondary N) is 1. The summed E-state index contributed by atoms with van der Waals surface area (Å²) in [7, 11) is 0. The third-order valence-electron chi connectivity index (χ3n) is 3.65. The highest BCUT2D eigenvalue weighted by atomic mass is 19.3. The van der Waals surface area contributed by atoms with Crippen LogP contribution in [0.3, 0.4) is 0 Å². The van der Waals surface area contributed by atoms with Crippen LogP contribution in [-0.4, -0.2) is 21.1 Å². The van der Waals surface area contributed by atoms with Gasteiger partial charge in [-0.1, -0.05) is 23.4 Å². The Labute approximate surface area is 126 Å². The van der Waals surface area contributed by atoms with E-state index in [0.717, 1.165) is 13.0 Å². The van der Waals surface area contributed by atoms with E-state index in [1.807, 2.05) is 0 Å². The number of hydrogen-bond donors (Lipinski definition) is 2. The fourth-order valence-electron chi connectivity index (χ4n) is 2.50. The number of fused-ring (bicyclic) bond motifs is 1. The summed E-state index contributed by atoms with van der Waals surface area (Å²) in [6.45, 7) is 1.11. The number of rotatable bonds is 3. The van der Waals surface area contributed by atoms with Gasteiger partial charge in [-0.05, 0) is 13.0 Å². The van der Waals surface area contributed by atoms with E-state index >= 15 is 0 Å². The first-order valence-corrected chi connectivity index (χ1v) is 6.33. The summed E-state index contributed by atoms with van der Waals surface area (Å²) < 4.78 is 34.1. The molecule has 2 aromatic rings. The summed E-state index contributed by atoms with van der Waals surface area (Å²) in [5.74, 6) is -7.30.